The molecule has 2 aromatic heterocycles. The Morgan fingerprint density at radius 3 is 2.64 bits per heavy atom. The number of nitrogens with one attached hydrogen (secondary N) is 1. The van der Waals surface area contributed by atoms with E-state index in [0.717, 1.165) is 37.8 Å². The summed E-state index contributed by atoms with van der Waals surface area (Å²) in [5.74, 6) is 1.25. The average molecular weight is 453 g/mol. The van der Waals surface area contributed by atoms with E-state index < -0.39 is 0 Å². The van der Waals surface area contributed by atoms with Crippen molar-refractivity contribution in [2.24, 2.45) is 0 Å². The summed E-state index contributed by atoms with van der Waals surface area (Å²) < 4.78 is 9.00. The van der Waals surface area contributed by atoms with Gasteiger partial charge in [-0.3, -0.25) is 4.79 Å². The van der Waals surface area contributed by atoms with Gasteiger partial charge in [0.25, 0.3) is 0 Å². The Labute approximate surface area is 194 Å². The van der Waals surface area contributed by atoms with Gasteiger partial charge in [0, 0.05) is 23.5 Å². The van der Waals surface area contributed by atoms with Gasteiger partial charge in [-0.25, -0.2) is 4.98 Å². The molecule has 6 nitrogen and oxygen atoms in total. The number of amides is 1. The number of para-hydroxylation sites is 2. The molecular formula is C26H20N4O2S. The number of hydrogen-bond donors (Lipinski definition) is 1. The van der Waals surface area contributed by atoms with Crippen molar-refractivity contribution < 1.29 is 9.53 Å². The van der Waals surface area contributed by atoms with Gasteiger partial charge in [-0.2, -0.15) is 9.78 Å². The first-order valence-corrected chi connectivity index (χ1v) is 11.6. The van der Waals surface area contributed by atoms with Crippen molar-refractivity contribution in [3.8, 4) is 10.9 Å². The van der Waals surface area contributed by atoms with Crippen LogP contribution in [0.25, 0.3) is 15.3 Å². The number of thiazole rings is 1. The lowest BCUT2D eigenvalue weighted by Gasteiger charge is -2.25. The van der Waals surface area contributed by atoms with E-state index in [-0.39, 0.29) is 11.8 Å². The molecule has 1 amide bonds. The molecule has 0 bridgehead atoms. The first-order valence-electron chi connectivity index (χ1n) is 10.8. The maximum absolute atomic E-state index is 12.7. The second-order valence-electron chi connectivity index (χ2n) is 7.94. The van der Waals surface area contributed by atoms with Crippen molar-refractivity contribution in [3.05, 3.63) is 102 Å². The highest BCUT2D eigenvalue weighted by Crippen LogP contribution is 2.42. The third-order valence-corrected chi connectivity index (χ3v) is 6.83. The molecule has 0 spiro atoms. The molecule has 1 aliphatic heterocycles. The van der Waals surface area contributed by atoms with Crippen molar-refractivity contribution in [3.63, 3.8) is 0 Å². The van der Waals surface area contributed by atoms with Crippen LogP contribution in [0.15, 0.2) is 85.1 Å². The third kappa shape index (κ3) is 3.66. The highest BCUT2D eigenvalue weighted by Gasteiger charge is 2.32. The molecule has 0 fully saturated rings. The summed E-state index contributed by atoms with van der Waals surface area (Å²) in [6.07, 6.45) is 2.17. The smallest absolute Gasteiger partial charge is 0.226 e. The Morgan fingerprint density at radius 1 is 0.970 bits per heavy atom. The largest absolute Gasteiger partial charge is 0.489 e. The first-order chi connectivity index (χ1) is 16.3. The average Bonchev–Trinajstić information content (AvgIpc) is 3.47. The Morgan fingerprint density at radius 2 is 1.76 bits per heavy atom. The fourth-order valence-corrected chi connectivity index (χ4v) is 5.16. The molecular weight excluding hydrogens is 432 g/mol. The second-order valence-corrected chi connectivity index (χ2v) is 8.95. The van der Waals surface area contributed by atoms with Gasteiger partial charge in [-0.15, -0.1) is 0 Å². The number of hydrogen-bond acceptors (Lipinski definition) is 5. The van der Waals surface area contributed by atoms with Crippen molar-refractivity contribution >= 4 is 33.3 Å². The normalized spacial score (nSPS) is 15.3. The minimum atomic E-state index is -0.149. The van der Waals surface area contributed by atoms with E-state index in [9.17, 15) is 4.79 Å². The van der Waals surface area contributed by atoms with E-state index >= 15 is 0 Å². The van der Waals surface area contributed by atoms with Crippen LogP contribution in [0.2, 0.25) is 0 Å². The van der Waals surface area contributed by atoms with E-state index in [1.165, 1.54) is 0 Å². The van der Waals surface area contributed by atoms with Crippen molar-refractivity contribution in [1.29, 1.82) is 0 Å². The molecule has 3 aromatic carbocycles. The van der Waals surface area contributed by atoms with Crippen LogP contribution in [-0.4, -0.2) is 20.7 Å². The van der Waals surface area contributed by atoms with Crippen molar-refractivity contribution in [1.82, 2.24) is 14.8 Å². The number of nitrogens with zero attached hydrogens (tertiary/aromatic N) is 3. The topological polar surface area (TPSA) is 69.0 Å². The van der Waals surface area contributed by atoms with Crippen molar-refractivity contribution in [2.45, 2.75) is 18.9 Å². The van der Waals surface area contributed by atoms with Crippen LogP contribution in [0.1, 0.15) is 29.0 Å². The quantitative estimate of drug-likeness (QED) is 0.380. The van der Waals surface area contributed by atoms with Gasteiger partial charge in [0.15, 0.2) is 0 Å². The number of benzene rings is 3. The third-order valence-electron chi connectivity index (χ3n) is 5.82. The molecule has 162 valence electrons. The molecule has 3 heterocycles. The zero-order valence-electron chi connectivity index (χ0n) is 17.6. The number of rotatable bonds is 5. The molecule has 1 atom stereocenters. The standard InChI is InChI=1S/C26H20N4O2S/c31-24-14-19(18-10-4-6-12-22(18)32-16-17-8-2-1-3-9-17)20-15-27-30(25(20)29-24)26-28-21-11-5-7-13-23(21)33-26/h1-13,15,19H,14,16H2,(H,29,31)/t19-/m1/s1. The predicted octanol–water partition coefficient (Wildman–Crippen LogP) is 5.54. The SMILES string of the molecule is O=C1C[C@H](c2ccccc2OCc2ccccc2)c2cnn(-c3nc4ccccc4s3)c2N1. The Bertz CT molecular complexity index is 1420. The number of anilines is 1. The molecule has 0 radical (unpaired) electrons. The minimum Gasteiger partial charge on any atom is -0.489 e. The molecule has 0 aliphatic carbocycles. The molecule has 7 heteroatoms. The summed E-state index contributed by atoms with van der Waals surface area (Å²) in [4.78, 5) is 17.5. The summed E-state index contributed by atoms with van der Waals surface area (Å²) in [6, 6.07) is 26.0. The number of ether oxygens (including phenoxy) is 1. The second kappa shape index (κ2) is 8.18. The molecule has 33 heavy (non-hydrogen) atoms. The maximum Gasteiger partial charge on any atom is 0.226 e. The summed E-state index contributed by atoms with van der Waals surface area (Å²) in [5.41, 5.74) is 3.95. The number of aromatic nitrogens is 3. The van der Waals surface area contributed by atoms with Crippen LogP contribution in [0.3, 0.4) is 0 Å². The van der Waals surface area contributed by atoms with Crippen LogP contribution in [0, 0.1) is 0 Å². The van der Waals surface area contributed by atoms with E-state index in [1.807, 2.05) is 85.1 Å². The Balaban J connectivity index is 1.37. The predicted molar refractivity (Wildman–Crippen MR) is 129 cm³/mol. The molecule has 0 unspecified atom stereocenters. The Kier molecular flexibility index (Phi) is 4.88. The highest BCUT2D eigenvalue weighted by molar-refractivity contribution is 7.20. The number of carbonyl (C=O) groups is 1. The van der Waals surface area contributed by atoms with Crippen LogP contribution < -0.4 is 10.1 Å². The zero-order valence-corrected chi connectivity index (χ0v) is 18.5. The van der Waals surface area contributed by atoms with Gasteiger partial charge in [-0.1, -0.05) is 72.0 Å². The molecule has 0 saturated heterocycles. The number of carbonyl (C=O) groups excluding carboxylic acids is 1. The number of fused-ring (bicyclic) bond motifs is 2. The van der Waals surface area contributed by atoms with E-state index in [1.54, 1.807) is 16.0 Å². The first kappa shape index (κ1) is 19.7. The maximum atomic E-state index is 12.7. The van der Waals surface area contributed by atoms with E-state index in [2.05, 4.69) is 10.4 Å². The lowest BCUT2D eigenvalue weighted by atomic mass is 9.87. The molecule has 5 aromatic rings. The van der Waals surface area contributed by atoms with Crippen LogP contribution in [-0.2, 0) is 11.4 Å². The lowest BCUT2D eigenvalue weighted by Crippen LogP contribution is -2.24. The summed E-state index contributed by atoms with van der Waals surface area (Å²) in [6.45, 7) is 0.467. The zero-order chi connectivity index (χ0) is 22.2. The Hall–Kier alpha value is -3.97. The fourth-order valence-electron chi connectivity index (χ4n) is 4.23. The van der Waals surface area contributed by atoms with Gasteiger partial charge in [0.1, 0.15) is 18.2 Å². The molecule has 6 rings (SSSR count). The molecule has 1 N–H and O–H groups in total. The van der Waals surface area contributed by atoms with Gasteiger partial charge >= 0.3 is 0 Å². The van der Waals surface area contributed by atoms with Crippen LogP contribution in [0.4, 0.5) is 5.82 Å². The van der Waals surface area contributed by atoms with Gasteiger partial charge in [0.2, 0.25) is 11.0 Å². The summed E-state index contributed by atoms with van der Waals surface area (Å²) >= 11 is 1.55. The summed E-state index contributed by atoms with van der Waals surface area (Å²) in [7, 11) is 0. The van der Waals surface area contributed by atoms with Crippen LogP contribution in [0.5, 0.6) is 5.75 Å². The van der Waals surface area contributed by atoms with E-state index in [4.69, 9.17) is 9.72 Å². The molecule has 0 saturated carbocycles. The highest BCUT2D eigenvalue weighted by atomic mass is 32.1. The monoisotopic (exact) mass is 452 g/mol. The van der Waals surface area contributed by atoms with E-state index in [0.29, 0.717) is 18.8 Å². The molecule has 1 aliphatic rings. The summed E-state index contributed by atoms with van der Waals surface area (Å²) in [5, 5.41) is 8.35. The van der Waals surface area contributed by atoms with Crippen LogP contribution >= 0.6 is 11.3 Å². The van der Waals surface area contributed by atoms with Crippen molar-refractivity contribution in [2.75, 3.05) is 5.32 Å². The fraction of sp³-hybridized carbons (Fsp3) is 0.115. The van der Waals surface area contributed by atoms with Gasteiger partial charge in [-0.05, 0) is 23.8 Å². The lowest BCUT2D eigenvalue weighted by molar-refractivity contribution is -0.116. The van der Waals surface area contributed by atoms with Gasteiger partial charge in [0.05, 0.1) is 16.4 Å². The minimum absolute atomic E-state index is 0.0479. The van der Waals surface area contributed by atoms with Gasteiger partial charge < -0.3 is 10.1 Å².